The number of ether oxygens (including phenoxy) is 2. The van der Waals surface area contributed by atoms with Crippen LogP contribution >= 0.6 is 0 Å². The van der Waals surface area contributed by atoms with Crippen LogP contribution in [0, 0.1) is 6.92 Å². The van der Waals surface area contributed by atoms with Crippen molar-refractivity contribution in [3.8, 4) is 11.5 Å². The van der Waals surface area contributed by atoms with E-state index in [0.29, 0.717) is 6.61 Å². The molecular formula is C16H20N2O2. The number of aromatic nitrogens is 1. The lowest BCUT2D eigenvalue weighted by atomic mass is 10.1. The molecule has 1 aromatic carbocycles. The minimum atomic E-state index is 0.0340. The Morgan fingerprint density at radius 3 is 2.45 bits per heavy atom. The van der Waals surface area contributed by atoms with E-state index in [0.717, 1.165) is 28.5 Å². The molecule has 0 aliphatic rings. The van der Waals surface area contributed by atoms with E-state index < -0.39 is 0 Å². The molecule has 0 bridgehead atoms. The zero-order chi connectivity index (χ0) is 14.5. The van der Waals surface area contributed by atoms with Gasteiger partial charge in [-0.2, -0.15) is 0 Å². The average Bonchev–Trinajstić information content (AvgIpc) is 2.45. The van der Waals surface area contributed by atoms with Crippen molar-refractivity contribution in [3.05, 3.63) is 53.3 Å². The quantitative estimate of drug-likeness (QED) is 0.909. The summed E-state index contributed by atoms with van der Waals surface area (Å²) in [6.07, 6.45) is 0. The Kier molecular flexibility index (Phi) is 4.58. The summed E-state index contributed by atoms with van der Waals surface area (Å²) >= 11 is 0. The van der Waals surface area contributed by atoms with Crippen LogP contribution in [0.1, 0.15) is 29.9 Å². The van der Waals surface area contributed by atoms with E-state index in [9.17, 15) is 0 Å². The third kappa shape index (κ3) is 3.71. The van der Waals surface area contributed by atoms with Crippen molar-refractivity contribution in [2.75, 3.05) is 7.11 Å². The van der Waals surface area contributed by atoms with Crippen LogP contribution in [-0.2, 0) is 6.61 Å². The molecule has 2 N–H and O–H groups in total. The van der Waals surface area contributed by atoms with Crippen molar-refractivity contribution in [1.82, 2.24) is 4.98 Å². The van der Waals surface area contributed by atoms with E-state index in [2.05, 4.69) is 4.98 Å². The molecule has 0 spiro atoms. The number of hydrogen-bond acceptors (Lipinski definition) is 4. The molecule has 2 aromatic rings. The first-order valence-corrected chi connectivity index (χ1v) is 6.58. The van der Waals surface area contributed by atoms with Crippen LogP contribution in [-0.4, -0.2) is 12.1 Å². The van der Waals surface area contributed by atoms with Gasteiger partial charge in [0, 0.05) is 23.9 Å². The fourth-order valence-corrected chi connectivity index (χ4v) is 1.92. The molecule has 1 heterocycles. The van der Waals surface area contributed by atoms with Crippen LogP contribution in [0.15, 0.2) is 36.4 Å². The summed E-state index contributed by atoms with van der Waals surface area (Å²) in [4.78, 5) is 4.42. The Hall–Kier alpha value is -2.07. The van der Waals surface area contributed by atoms with Gasteiger partial charge in [-0.05, 0) is 31.5 Å². The molecule has 20 heavy (non-hydrogen) atoms. The monoisotopic (exact) mass is 272 g/mol. The number of benzene rings is 1. The highest BCUT2D eigenvalue weighted by Crippen LogP contribution is 2.18. The first-order valence-electron chi connectivity index (χ1n) is 6.58. The van der Waals surface area contributed by atoms with Crippen molar-refractivity contribution in [3.63, 3.8) is 0 Å². The summed E-state index contributed by atoms with van der Waals surface area (Å²) in [7, 11) is 1.64. The molecule has 4 heteroatoms. The molecule has 2 rings (SSSR count). The lowest BCUT2D eigenvalue weighted by molar-refractivity contribution is 0.299. The van der Waals surface area contributed by atoms with Crippen molar-refractivity contribution in [2.24, 2.45) is 5.73 Å². The normalized spacial score (nSPS) is 12.0. The summed E-state index contributed by atoms with van der Waals surface area (Å²) < 4.78 is 10.9. The molecule has 1 unspecified atom stereocenters. The van der Waals surface area contributed by atoms with E-state index in [1.165, 1.54) is 0 Å². The maximum Gasteiger partial charge on any atom is 0.130 e. The molecule has 0 saturated heterocycles. The highest BCUT2D eigenvalue weighted by atomic mass is 16.5. The number of nitrogens with zero attached hydrogens (tertiary/aromatic N) is 1. The van der Waals surface area contributed by atoms with Crippen LogP contribution in [0.25, 0.3) is 0 Å². The Bertz CT molecular complexity index is 565. The number of pyridine rings is 1. The van der Waals surface area contributed by atoms with Gasteiger partial charge < -0.3 is 15.2 Å². The molecule has 1 aromatic heterocycles. The second kappa shape index (κ2) is 6.39. The standard InChI is InChI=1S/C16H20N2O2/c1-11-8-16(19-3)9-14(18-11)10-20-15-6-4-13(5-7-15)12(2)17/h4-9,12H,10,17H2,1-3H3. The van der Waals surface area contributed by atoms with Crippen LogP contribution in [0.2, 0.25) is 0 Å². The van der Waals surface area contributed by atoms with Crippen molar-refractivity contribution < 1.29 is 9.47 Å². The van der Waals surface area contributed by atoms with Crippen LogP contribution in [0.3, 0.4) is 0 Å². The number of nitrogens with two attached hydrogens (primary N) is 1. The Balaban J connectivity index is 2.03. The number of aryl methyl sites for hydroxylation is 1. The molecule has 0 aliphatic heterocycles. The van der Waals surface area contributed by atoms with Gasteiger partial charge in [0.05, 0.1) is 12.8 Å². The predicted molar refractivity (Wildman–Crippen MR) is 78.9 cm³/mol. The molecule has 0 fully saturated rings. The number of hydrogen-bond donors (Lipinski definition) is 1. The molecule has 0 saturated carbocycles. The summed E-state index contributed by atoms with van der Waals surface area (Å²) in [6.45, 7) is 4.30. The van der Waals surface area contributed by atoms with Gasteiger partial charge in [-0.25, -0.2) is 0 Å². The van der Waals surface area contributed by atoms with Gasteiger partial charge in [-0.15, -0.1) is 0 Å². The number of rotatable bonds is 5. The van der Waals surface area contributed by atoms with Crippen molar-refractivity contribution >= 4 is 0 Å². The average molecular weight is 272 g/mol. The maximum absolute atomic E-state index is 5.81. The highest BCUT2D eigenvalue weighted by molar-refractivity contribution is 5.30. The van der Waals surface area contributed by atoms with Gasteiger partial charge >= 0.3 is 0 Å². The molecule has 0 aliphatic carbocycles. The smallest absolute Gasteiger partial charge is 0.130 e. The van der Waals surface area contributed by atoms with E-state index in [1.54, 1.807) is 7.11 Å². The first kappa shape index (κ1) is 14.3. The molecule has 1 atom stereocenters. The summed E-state index contributed by atoms with van der Waals surface area (Å²) in [6, 6.07) is 11.6. The fraction of sp³-hybridized carbons (Fsp3) is 0.312. The third-order valence-electron chi connectivity index (χ3n) is 3.01. The van der Waals surface area contributed by atoms with E-state index >= 15 is 0 Å². The lowest BCUT2D eigenvalue weighted by Gasteiger charge is -2.10. The van der Waals surface area contributed by atoms with Gasteiger partial charge in [0.1, 0.15) is 18.1 Å². The second-order valence-electron chi connectivity index (χ2n) is 4.79. The summed E-state index contributed by atoms with van der Waals surface area (Å²) in [5, 5.41) is 0. The van der Waals surface area contributed by atoms with E-state index in [1.807, 2.05) is 50.2 Å². The molecule has 0 radical (unpaired) electrons. The van der Waals surface area contributed by atoms with Gasteiger partial charge in [0.2, 0.25) is 0 Å². The third-order valence-corrected chi connectivity index (χ3v) is 3.01. The zero-order valence-corrected chi connectivity index (χ0v) is 12.1. The molecule has 0 amide bonds. The summed E-state index contributed by atoms with van der Waals surface area (Å²) in [5.74, 6) is 1.60. The Morgan fingerprint density at radius 2 is 1.85 bits per heavy atom. The Morgan fingerprint density at radius 1 is 1.15 bits per heavy atom. The molecule has 4 nitrogen and oxygen atoms in total. The van der Waals surface area contributed by atoms with Gasteiger partial charge in [-0.1, -0.05) is 12.1 Å². The topological polar surface area (TPSA) is 57.4 Å². The van der Waals surface area contributed by atoms with Crippen LogP contribution < -0.4 is 15.2 Å². The SMILES string of the molecule is COc1cc(C)nc(COc2ccc(C(C)N)cc2)c1. The van der Waals surface area contributed by atoms with Gasteiger partial charge in [-0.3, -0.25) is 4.98 Å². The van der Waals surface area contributed by atoms with Crippen LogP contribution in [0.5, 0.6) is 11.5 Å². The van der Waals surface area contributed by atoms with Gasteiger partial charge in [0.15, 0.2) is 0 Å². The van der Waals surface area contributed by atoms with E-state index in [-0.39, 0.29) is 6.04 Å². The van der Waals surface area contributed by atoms with Crippen LogP contribution in [0.4, 0.5) is 0 Å². The minimum Gasteiger partial charge on any atom is -0.497 e. The Labute approximate surface area is 119 Å². The van der Waals surface area contributed by atoms with Crippen molar-refractivity contribution in [1.29, 1.82) is 0 Å². The predicted octanol–water partition coefficient (Wildman–Crippen LogP) is 3.00. The summed E-state index contributed by atoms with van der Waals surface area (Å²) in [5.41, 5.74) is 8.66. The lowest BCUT2D eigenvalue weighted by Crippen LogP contribution is -2.05. The van der Waals surface area contributed by atoms with Crippen molar-refractivity contribution in [2.45, 2.75) is 26.5 Å². The first-order chi connectivity index (χ1) is 9.58. The maximum atomic E-state index is 5.81. The van der Waals surface area contributed by atoms with Gasteiger partial charge in [0.25, 0.3) is 0 Å². The minimum absolute atomic E-state index is 0.0340. The highest BCUT2D eigenvalue weighted by Gasteiger charge is 2.03. The zero-order valence-electron chi connectivity index (χ0n) is 12.1. The number of methoxy groups -OCH3 is 1. The molecule has 106 valence electrons. The van der Waals surface area contributed by atoms with E-state index in [4.69, 9.17) is 15.2 Å². The fourth-order valence-electron chi connectivity index (χ4n) is 1.92. The molecular weight excluding hydrogens is 252 g/mol. The largest absolute Gasteiger partial charge is 0.497 e. The second-order valence-corrected chi connectivity index (χ2v) is 4.79.